The van der Waals surface area contributed by atoms with Crippen LogP contribution in [0.15, 0.2) is 42.5 Å². The van der Waals surface area contributed by atoms with Crippen molar-refractivity contribution in [3.05, 3.63) is 63.7 Å². The summed E-state index contributed by atoms with van der Waals surface area (Å²) < 4.78 is 38.6. The molecule has 1 N–H and O–H groups in total. The minimum absolute atomic E-state index is 0.0945. The quantitative estimate of drug-likeness (QED) is 0.536. The highest BCUT2D eigenvalue weighted by molar-refractivity contribution is 7.22. The van der Waals surface area contributed by atoms with Gasteiger partial charge in [0, 0.05) is 12.1 Å². The molecule has 1 aromatic heterocycles. The summed E-state index contributed by atoms with van der Waals surface area (Å²) in [4.78, 5) is 26.4. The van der Waals surface area contributed by atoms with E-state index in [-0.39, 0.29) is 22.8 Å². The van der Waals surface area contributed by atoms with E-state index in [0.29, 0.717) is 10.2 Å². The highest BCUT2D eigenvalue weighted by Gasteiger charge is 2.30. The number of thiazole rings is 1. The molecule has 0 aliphatic rings. The normalized spacial score (nSPS) is 11.5. The maximum Gasteiger partial charge on any atom is 0.416 e. The van der Waals surface area contributed by atoms with E-state index in [0.717, 1.165) is 23.5 Å². The number of non-ortho nitro benzene ring substituents is 1. The Bertz CT molecular complexity index is 1000. The molecule has 0 radical (unpaired) electrons. The molecule has 0 aliphatic carbocycles. The molecular weight excluding hydrogens is 371 g/mol. The SMILES string of the molecule is O=C(Cc1cccc(C(F)(F)F)c1)Nc1nc2ccc([N+](=O)[O-])cc2s1. The Labute approximate surface area is 148 Å². The Morgan fingerprint density at radius 1 is 1.23 bits per heavy atom. The van der Waals surface area contributed by atoms with Gasteiger partial charge < -0.3 is 5.32 Å². The summed E-state index contributed by atoms with van der Waals surface area (Å²) in [6, 6.07) is 8.63. The first-order chi connectivity index (χ1) is 12.2. The Hall–Kier alpha value is -3.01. The number of hydrogen-bond acceptors (Lipinski definition) is 5. The van der Waals surface area contributed by atoms with Gasteiger partial charge in [-0.3, -0.25) is 14.9 Å². The van der Waals surface area contributed by atoms with Gasteiger partial charge in [0.15, 0.2) is 5.13 Å². The average Bonchev–Trinajstić information content (AvgIpc) is 2.95. The van der Waals surface area contributed by atoms with Crippen LogP contribution < -0.4 is 5.32 Å². The van der Waals surface area contributed by atoms with Crippen molar-refractivity contribution in [1.82, 2.24) is 4.98 Å². The summed E-state index contributed by atoms with van der Waals surface area (Å²) in [5.41, 5.74) is -0.220. The number of alkyl halides is 3. The van der Waals surface area contributed by atoms with Gasteiger partial charge in [-0.15, -0.1) is 0 Å². The lowest BCUT2D eigenvalue weighted by Crippen LogP contribution is -2.15. The zero-order valence-corrected chi connectivity index (χ0v) is 13.7. The number of aromatic nitrogens is 1. The van der Waals surface area contributed by atoms with Gasteiger partial charge in [0.2, 0.25) is 5.91 Å². The molecule has 2 aromatic carbocycles. The number of hydrogen-bond donors (Lipinski definition) is 1. The minimum Gasteiger partial charge on any atom is -0.302 e. The van der Waals surface area contributed by atoms with Gasteiger partial charge in [0.1, 0.15) is 0 Å². The third-order valence-corrected chi connectivity index (χ3v) is 4.38. The first-order valence-corrected chi connectivity index (χ1v) is 8.05. The number of benzene rings is 2. The molecule has 1 amide bonds. The number of nitrogens with zero attached hydrogens (tertiary/aromatic N) is 2. The van der Waals surface area contributed by atoms with Crippen LogP contribution in [-0.2, 0) is 17.4 Å². The molecule has 6 nitrogen and oxygen atoms in total. The highest BCUT2D eigenvalue weighted by atomic mass is 32.1. The van der Waals surface area contributed by atoms with E-state index in [1.807, 2.05) is 0 Å². The number of nitro benzene ring substituents is 1. The molecule has 0 atom stereocenters. The van der Waals surface area contributed by atoms with Crippen LogP contribution in [0.25, 0.3) is 10.2 Å². The first-order valence-electron chi connectivity index (χ1n) is 7.23. The topological polar surface area (TPSA) is 85.1 Å². The maximum atomic E-state index is 12.7. The predicted molar refractivity (Wildman–Crippen MR) is 90.1 cm³/mol. The minimum atomic E-state index is -4.48. The summed E-state index contributed by atoms with van der Waals surface area (Å²) in [6.45, 7) is 0. The fraction of sp³-hybridized carbons (Fsp3) is 0.125. The third kappa shape index (κ3) is 3.97. The van der Waals surface area contributed by atoms with Crippen molar-refractivity contribution in [2.75, 3.05) is 5.32 Å². The fourth-order valence-corrected chi connectivity index (χ4v) is 3.20. The summed E-state index contributed by atoms with van der Waals surface area (Å²) in [7, 11) is 0. The molecule has 1 heterocycles. The zero-order valence-electron chi connectivity index (χ0n) is 12.9. The smallest absolute Gasteiger partial charge is 0.302 e. The van der Waals surface area contributed by atoms with Gasteiger partial charge in [0.25, 0.3) is 5.69 Å². The van der Waals surface area contributed by atoms with Crippen LogP contribution in [-0.4, -0.2) is 15.8 Å². The lowest BCUT2D eigenvalue weighted by molar-refractivity contribution is -0.384. The van der Waals surface area contributed by atoms with Gasteiger partial charge in [-0.2, -0.15) is 13.2 Å². The second-order valence-corrected chi connectivity index (χ2v) is 6.38. The number of anilines is 1. The van der Waals surface area contributed by atoms with Crippen LogP contribution in [0.3, 0.4) is 0 Å². The lowest BCUT2D eigenvalue weighted by Gasteiger charge is -2.08. The number of nitro groups is 1. The van der Waals surface area contributed by atoms with Gasteiger partial charge in [-0.05, 0) is 17.7 Å². The molecule has 0 saturated carbocycles. The second-order valence-electron chi connectivity index (χ2n) is 5.35. The third-order valence-electron chi connectivity index (χ3n) is 3.45. The zero-order chi connectivity index (χ0) is 18.9. The number of carbonyl (C=O) groups is 1. The van der Waals surface area contributed by atoms with Crippen molar-refractivity contribution in [3.8, 4) is 0 Å². The molecule has 0 saturated heterocycles. The number of rotatable bonds is 4. The molecule has 10 heteroatoms. The standard InChI is InChI=1S/C16H10F3N3O3S/c17-16(18,19)10-3-1-2-9(6-10)7-14(23)21-15-20-12-5-4-11(22(24)25)8-13(12)26-15/h1-6,8H,7H2,(H,20,21,23). The van der Waals surface area contributed by atoms with E-state index in [2.05, 4.69) is 10.3 Å². The molecule has 26 heavy (non-hydrogen) atoms. The van der Waals surface area contributed by atoms with E-state index in [9.17, 15) is 28.1 Å². The molecule has 0 unspecified atom stereocenters. The molecular formula is C16H10F3N3O3S. The second kappa shape index (κ2) is 6.71. The molecule has 0 bridgehead atoms. The predicted octanol–water partition coefficient (Wildman–Crippen LogP) is 4.40. The summed E-state index contributed by atoms with van der Waals surface area (Å²) in [5.74, 6) is -0.530. The summed E-state index contributed by atoms with van der Waals surface area (Å²) in [6.07, 6.45) is -4.73. The van der Waals surface area contributed by atoms with Crippen LogP contribution in [0.1, 0.15) is 11.1 Å². The van der Waals surface area contributed by atoms with Gasteiger partial charge in [-0.25, -0.2) is 4.98 Å². The van der Waals surface area contributed by atoms with Crippen LogP contribution >= 0.6 is 11.3 Å². The molecule has 0 fully saturated rings. The number of fused-ring (bicyclic) bond motifs is 1. The average molecular weight is 381 g/mol. The maximum absolute atomic E-state index is 12.7. The Kier molecular flexibility index (Phi) is 4.60. The van der Waals surface area contributed by atoms with Crippen LogP contribution in [0.5, 0.6) is 0 Å². The number of amides is 1. The van der Waals surface area contributed by atoms with Gasteiger partial charge >= 0.3 is 6.18 Å². The van der Waals surface area contributed by atoms with Crippen molar-refractivity contribution < 1.29 is 22.9 Å². The van der Waals surface area contributed by atoms with E-state index >= 15 is 0 Å². The van der Waals surface area contributed by atoms with E-state index in [1.54, 1.807) is 0 Å². The van der Waals surface area contributed by atoms with Crippen molar-refractivity contribution >= 4 is 38.3 Å². The fourth-order valence-electron chi connectivity index (χ4n) is 2.29. The van der Waals surface area contributed by atoms with Gasteiger partial charge in [0.05, 0.1) is 27.1 Å². The van der Waals surface area contributed by atoms with Crippen LogP contribution in [0, 0.1) is 10.1 Å². The Balaban J connectivity index is 1.74. The number of nitrogens with one attached hydrogen (secondary N) is 1. The molecule has 0 spiro atoms. The Morgan fingerprint density at radius 3 is 2.69 bits per heavy atom. The Morgan fingerprint density at radius 2 is 2.00 bits per heavy atom. The van der Waals surface area contributed by atoms with Crippen LogP contribution in [0.4, 0.5) is 24.0 Å². The lowest BCUT2D eigenvalue weighted by atomic mass is 10.1. The first kappa shape index (κ1) is 17.8. The molecule has 3 rings (SSSR count). The van der Waals surface area contributed by atoms with Crippen molar-refractivity contribution in [3.63, 3.8) is 0 Å². The van der Waals surface area contributed by atoms with E-state index in [1.165, 1.54) is 30.3 Å². The molecule has 3 aromatic rings. The number of carbonyl (C=O) groups excluding carboxylic acids is 1. The highest BCUT2D eigenvalue weighted by Crippen LogP contribution is 2.30. The molecule has 134 valence electrons. The van der Waals surface area contributed by atoms with Crippen molar-refractivity contribution in [2.24, 2.45) is 0 Å². The monoisotopic (exact) mass is 381 g/mol. The summed E-state index contributed by atoms with van der Waals surface area (Å²) >= 11 is 1.05. The van der Waals surface area contributed by atoms with Crippen molar-refractivity contribution in [2.45, 2.75) is 12.6 Å². The largest absolute Gasteiger partial charge is 0.416 e. The number of halogens is 3. The summed E-state index contributed by atoms with van der Waals surface area (Å²) in [5, 5.41) is 13.5. The van der Waals surface area contributed by atoms with Crippen molar-refractivity contribution in [1.29, 1.82) is 0 Å². The van der Waals surface area contributed by atoms with Gasteiger partial charge in [-0.1, -0.05) is 29.5 Å². The van der Waals surface area contributed by atoms with E-state index in [4.69, 9.17) is 0 Å². The van der Waals surface area contributed by atoms with E-state index < -0.39 is 22.6 Å². The van der Waals surface area contributed by atoms with Crippen LogP contribution in [0.2, 0.25) is 0 Å². The molecule has 0 aliphatic heterocycles.